The first-order chi connectivity index (χ1) is 11.6. The van der Waals surface area contributed by atoms with Gasteiger partial charge in [-0.25, -0.2) is 14.3 Å². The highest BCUT2D eigenvalue weighted by Gasteiger charge is 2.27. The minimum atomic E-state index is -1.03. The maximum Gasteiger partial charge on any atom is 0.356 e. The van der Waals surface area contributed by atoms with Crippen LogP contribution in [0.2, 0.25) is 0 Å². The third-order valence-electron chi connectivity index (χ3n) is 4.25. The number of carbonyl (C=O) groups is 1. The lowest BCUT2D eigenvalue weighted by atomic mass is 10.1. The summed E-state index contributed by atoms with van der Waals surface area (Å²) in [6.07, 6.45) is 11.2. The molecule has 1 unspecified atom stereocenters. The number of hydrogen-bond acceptors (Lipinski definition) is 4. The molecule has 24 heavy (non-hydrogen) atoms. The van der Waals surface area contributed by atoms with Crippen LogP contribution in [0.4, 0.5) is 5.82 Å². The summed E-state index contributed by atoms with van der Waals surface area (Å²) in [5, 5.41) is 13.8. The van der Waals surface area contributed by atoms with Crippen molar-refractivity contribution in [1.82, 2.24) is 14.6 Å². The van der Waals surface area contributed by atoms with Crippen LogP contribution in [0.1, 0.15) is 30.3 Å². The molecule has 0 aliphatic carbocycles. The van der Waals surface area contributed by atoms with Gasteiger partial charge in [-0.05, 0) is 31.9 Å². The van der Waals surface area contributed by atoms with Crippen LogP contribution >= 0.6 is 0 Å². The Kier molecular flexibility index (Phi) is 4.46. The summed E-state index contributed by atoms with van der Waals surface area (Å²) in [7, 11) is 0. The molecule has 0 aromatic carbocycles. The summed E-state index contributed by atoms with van der Waals surface area (Å²) in [6.45, 7) is 6.68. The lowest BCUT2D eigenvalue weighted by Gasteiger charge is -2.26. The Morgan fingerprint density at radius 2 is 2.25 bits per heavy atom. The maximum absolute atomic E-state index is 11.3. The second-order valence-corrected chi connectivity index (χ2v) is 5.79. The molecule has 1 N–H and O–H groups in total. The van der Waals surface area contributed by atoms with Crippen LogP contribution in [0.15, 0.2) is 54.8 Å². The minimum absolute atomic E-state index is 0.0729. The molecule has 1 fully saturated rings. The molecule has 0 radical (unpaired) electrons. The van der Waals surface area contributed by atoms with E-state index in [4.69, 9.17) is 0 Å². The second kappa shape index (κ2) is 6.70. The molecular weight excluding hydrogens is 304 g/mol. The van der Waals surface area contributed by atoms with Crippen molar-refractivity contribution < 1.29 is 9.90 Å². The largest absolute Gasteiger partial charge is 0.476 e. The van der Waals surface area contributed by atoms with Crippen molar-refractivity contribution in [3.63, 3.8) is 0 Å². The van der Waals surface area contributed by atoms with E-state index >= 15 is 0 Å². The molecule has 0 amide bonds. The second-order valence-electron chi connectivity index (χ2n) is 5.79. The zero-order chi connectivity index (χ0) is 17.1. The average molecular weight is 324 g/mol. The van der Waals surface area contributed by atoms with E-state index in [9.17, 15) is 9.90 Å². The van der Waals surface area contributed by atoms with Gasteiger partial charge in [-0.15, -0.1) is 5.10 Å². The maximum atomic E-state index is 11.3. The Labute approximate surface area is 140 Å². The molecule has 2 aromatic rings. The van der Waals surface area contributed by atoms with E-state index in [1.807, 2.05) is 18.2 Å². The van der Waals surface area contributed by atoms with Gasteiger partial charge in [0.2, 0.25) is 0 Å². The van der Waals surface area contributed by atoms with E-state index in [0.717, 1.165) is 25.2 Å². The predicted molar refractivity (Wildman–Crippen MR) is 93.4 cm³/mol. The molecule has 3 heterocycles. The lowest BCUT2D eigenvalue weighted by molar-refractivity contribution is 0.0688. The number of hydrogen-bond donors (Lipinski definition) is 1. The van der Waals surface area contributed by atoms with Gasteiger partial charge in [0, 0.05) is 6.54 Å². The molecule has 0 saturated carbocycles. The molecule has 6 nitrogen and oxygen atoms in total. The predicted octanol–water partition coefficient (Wildman–Crippen LogP) is 3.08. The van der Waals surface area contributed by atoms with Crippen LogP contribution in [0.5, 0.6) is 0 Å². The highest BCUT2D eigenvalue weighted by atomic mass is 16.4. The Bertz CT molecular complexity index is 835. The van der Waals surface area contributed by atoms with E-state index in [0.29, 0.717) is 5.65 Å². The molecule has 0 bridgehead atoms. The zero-order valence-corrected chi connectivity index (χ0v) is 13.6. The Hall–Kier alpha value is -2.89. The van der Waals surface area contributed by atoms with Crippen LogP contribution < -0.4 is 4.90 Å². The first kappa shape index (κ1) is 16.0. The molecule has 1 aliphatic rings. The van der Waals surface area contributed by atoms with Crippen molar-refractivity contribution in [2.24, 2.45) is 0 Å². The third-order valence-corrected chi connectivity index (χ3v) is 4.25. The number of carboxylic acid groups (broad SMARTS) is 1. The monoisotopic (exact) mass is 324 g/mol. The van der Waals surface area contributed by atoms with Gasteiger partial charge in [-0.3, -0.25) is 0 Å². The molecule has 124 valence electrons. The number of allylic oxidation sites excluding steroid dienone is 4. The summed E-state index contributed by atoms with van der Waals surface area (Å²) < 4.78 is 1.39. The first-order valence-electron chi connectivity index (χ1n) is 7.92. The van der Waals surface area contributed by atoms with Crippen LogP contribution in [0, 0.1) is 0 Å². The van der Waals surface area contributed by atoms with E-state index in [1.165, 1.54) is 16.3 Å². The van der Waals surface area contributed by atoms with E-state index in [-0.39, 0.29) is 11.7 Å². The van der Waals surface area contributed by atoms with Crippen LogP contribution in [0.25, 0.3) is 5.65 Å². The van der Waals surface area contributed by atoms with Gasteiger partial charge in [-0.1, -0.05) is 36.5 Å². The number of rotatable bonds is 5. The van der Waals surface area contributed by atoms with E-state index in [2.05, 4.69) is 34.6 Å². The highest BCUT2D eigenvalue weighted by Crippen LogP contribution is 2.28. The summed E-state index contributed by atoms with van der Waals surface area (Å²) >= 11 is 0. The first-order valence-corrected chi connectivity index (χ1v) is 7.92. The van der Waals surface area contributed by atoms with Crippen molar-refractivity contribution in [1.29, 1.82) is 0 Å². The van der Waals surface area contributed by atoms with Gasteiger partial charge in [-0.2, -0.15) is 0 Å². The van der Waals surface area contributed by atoms with Gasteiger partial charge in [0.05, 0.1) is 12.2 Å². The quantitative estimate of drug-likeness (QED) is 0.856. The fraction of sp³-hybridized carbons (Fsp3) is 0.278. The van der Waals surface area contributed by atoms with Gasteiger partial charge in [0.15, 0.2) is 11.3 Å². The number of aromatic nitrogens is 3. The third kappa shape index (κ3) is 2.95. The standard InChI is InChI=1S/C18H20N4O2/c1-3-4-5-7-13(2)14-8-6-11-21(14)17-10-9-16-19-12-15(18(23)24)22(16)20-17/h3-5,7,9-10,12,14H,1,6,8,11H2,2H3,(H,23,24)/b5-4-,13-7+. The minimum Gasteiger partial charge on any atom is -0.476 e. The number of aromatic carboxylic acids is 1. The fourth-order valence-corrected chi connectivity index (χ4v) is 3.07. The molecule has 6 heteroatoms. The molecule has 3 rings (SSSR count). The molecule has 0 spiro atoms. The topological polar surface area (TPSA) is 70.7 Å². The Morgan fingerprint density at radius 1 is 1.42 bits per heavy atom. The molecule has 1 atom stereocenters. The molecule has 2 aromatic heterocycles. The van der Waals surface area contributed by atoms with Gasteiger partial charge in [0.25, 0.3) is 0 Å². The zero-order valence-electron chi connectivity index (χ0n) is 13.6. The van der Waals surface area contributed by atoms with Crippen molar-refractivity contribution in [2.75, 3.05) is 11.4 Å². The van der Waals surface area contributed by atoms with Crippen molar-refractivity contribution in [2.45, 2.75) is 25.8 Å². The van der Waals surface area contributed by atoms with Gasteiger partial charge < -0.3 is 10.0 Å². The van der Waals surface area contributed by atoms with Gasteiger partial charge >= 0.3 is 5.97 Å². The number of anilines is 1. The molecule has 1 saturated heterocycles. The van der Waals surface area contributed by atoms with E-state index in [1.54, 1.807) is 12.1 Å². The summed E-state index contributed by atoms with van der Waals surface area (Å²) in [4.78, 5) is 17.6. The smallest absolute Gasteiger partial charge is 0.356 e. The van der Waals surface area contributed by atoms with E-state index < -0.39 is 5.97 Å². The number of nitrogens with zero attached hydrogens (tertiary/aromatic N) is 4. The number of carboxylic acids is 1. The summed E-state index contributed by atoms with van der Waals surface area (Å²) in [5.41, 5.74) is 1.86. The van der Waals surface area contributed by atoms with Crippen molar-refractivity contribution >= 4 is 17.4 Å². The van der Waals surface area contributed by atoms with Crippen LogP contribution in [0.3, 0.4) is 0 Å². The molecular formula is C18H20N4O2. The Morgan fingerprint density at radius 3 is 3.00 bits per heavy atom. The SMILES string of the molecule is C=C/C=C\C=C(/C)C1CCCN1c1ccc2ncc(C(=O)O)n2n1. The summed E-state index contributed by atoms with van der Waals surface area (Å²) in [5.74, 6) is -0.262. The summed E-state index contributed by atoms with van der Waals surface area (Å²) in [6, 6.07) is 3.97. The normalized spacial score (nSPS) is 18.6. The fourth-order valence-electron chi connectivity index (χ4n) is 3.07. The van der Waals surface area contributed by atoms with Crippen LogP contribution in [-0.2, 0) is 0 Å². The van der Waals surface area contributed by atoms with Crippen LogP contribution in [-0.4, -0.2) is 38.3 Å². The van der Waals surface area contributed by atoms with Gasteiger partial charge in [0.1, 0.15) is 5.82 Å². The Balaban J connectivity index is 1.95. The van der Waals surface area contributed by atoms with Crippen molar-refractivity contribution in [3.05, 3.63) is 60.5 Å². The average Bonchev–Trinajstić information content (AvgIpc) is 3.21. The number of imidazole rings is 1. The number of fused-ring (bicyclic) bond motifs is 1. The highest BCUT2D eigenvalue weighted by molar-refractivity contribution is 5.86. The lowest BCUT2D eigenvalue weighted by Crippen LogP contribution is -2.31. The van der Waals surface area contributed by atoms with Crippen molar-refractivity contribution in [3.8, 4) is 0 Å². The molecule has 1 aliphatic heterocycles.